The first-order valence-electron chi connectivity index (χ1n) is 6.09. The number of hydrogen-bond donors (Lipinski definition) is 1. The van der Waals surface area contributed by atoms with E-state index in [0.717, 1.165) is 17.0 Å². The van der Waals surface area contributed by atoms with Crippen LogP contribution in [0, 0.1) is 0 Å². The molecule has 0 aliphatic heterocycles. The van der Waals surface area contributed by atoms with Crippen LogP contribution >= 0.6 is 11.6 Å². The number of carbonyl (C=O) groups excluding carboxylic acids is 2. The maximum atomic E-state index is 12.5. The van der Waals surface area contributed by atoms with Crippen molar-refractivity contribution in [3.63, 3.8) is 0 Å². The number of anilines is 1. The van der Waals surface area contributed by atoms with E-state index in [-0.39, 0.29) is 23.9 Å². The molecule has 0 aliphatic rings. The van der Waals surface area contributed by atoms with Crippen LogP contribution in [0.4, 0.5) is 18.9 Å². The summed E-state index contributed by atoms with van der Waals surface area (Å²) in [7, 11) is 2.84. The molecule has 1 aromatic carbocycles. The van der Waals surface area contributed by atoms with Gasteiger partial charge in [-0.15, -0.1) is 0 Å². The average Bonchev–Trinajstić information content (AvgIpc) is 2.44. The highest BCUT2D eigenvalue weighted by atomic mass is 35.5. The van der Waals surface area contributed by atoms with Crippen molar-refractivity contribution >= 4 is 29.1 Å². The minimum absolute atomic E-state index is 0.0758. The van der Waals surface area contributed by atoms with E-state index in [4.69, 9.17) is 16.3 Å². The second-order valence-corrected chi connectivity index (χ2v) is 4.77. The molecular weight excluding hydrogens is 325 g/mol. The SMILES string of the molecule is COCCN(C)C(=O)C(=O)Nc1ccc(C(F)(F)F)cc1Cl. The summed E-state index contributed by atoms with van der Waals surface area (Å²) in [6.07, 6.45) is -4.54. The molecule has 0 saturated heterocycles. The predicted molar refractivity (Wildman–Crippen MR) is 74.6 cm³/mol. The maximum Gasteiger partial charge on any atom is 0.416 e. The van der Waals surface area contributed by atoms with Crippen molar-refractivity contribution < 1.29 is 27.5 Å². The summed E-state index contributed by atoms with van der Waals surface area (Å²) in [6, 6.07) is 2.43. The molecule has 1 rings (SSSR count). The zero-order valence-electron chi connectivity index (χ0n) is 11.8. The first-order valence-corrected chi connectivity index (χ1v) is 6.46. The normalized spacial score (nSPS) is 11.2. The Bertz CT molecular complexity index is 564. The molecule has 0 spiro atoms. The highest BCUT2D eigenvalue weighted by Gasteiger charge is 2.31. The summed E-state index contributed by atoms with van der Waals surface area (Å²) < 4.78 is 42.3. The average molecular weight is 339 g/mol. The van der Waals surface area contributed by atoms with Gasteiger partial charge >= 0.3 is 18.0 Å². The fourth-order valence-corrected chi connectivity index (χ4v) is 1.70. The molecule has 0 heterocycles. The van der Waals surface area contributed by atoms with Crippen LogP contribution in [0.3, 0.4) is 0 Å². The van der Waals surface area contributed by atoms with Crippen LogP contribution in [0.25, 0.3) is 0 Å². The van der Waals surface area contributed by atoms with Gasteiger partial charge in [-0.1, -0.05) is 11.6 Å². The lowest BCUT2D eigenvalue weighted by atomic mass is 10.2. The van der Waals surface area contributed by atoms with Gasteiger partial charge < -0.3 is 15.0 Å². The number of amides is 2. The Morgan fingerprint density at radius 2 is 2.00 bits per heavy atom. The number of hydrogen-bond acceptors (Lipinski definition) is 3. The van der Waals surface area contributed by atoms with Crippen molar-refractivity contribution in [2.24, 2.45) is 0 Å². The van der Waals surface area contributed by atoms with Crippen molar-refractivity contribution in [2.75, 3.05) is 32.6 Å². The maximum absolute atomic E-state index is 12.5. The van der Waals surface area contributed by atoms with Gasteiger partial charge in [-0.25, -0.2) is 0 Å². The Kier molecular flexibility index (Phi) is 6.19. The number of nitrogens with one attached hydrogen (secondary N) is 1. The molecule has 122 valence electrons. The lowest BCUT2D eigenvalue weighted by Gasteiger charge is -2.16. The molecule has 22 heavy (non-hydrogen) atoms. The zero-order valence-corrected chi connectivity index (χ0v) is 12.6. The number of nitrogens with zero attached hydrogens (tertiary/aromatic N) is 1. The molecule has 0 aliphatic carbocycles. The molecule has 0 bridgehead atoms. The molecule has 0 radical (unpaired) electrons. The van der Waals surface area contributed by atoms with Gasteiger partial charge in [0.15, 0.2) is 0 Å². The molecule has 0 saturated carbocycles. The number of alkyl halides is 3. The first kappa shape index (κ1) is 18.2. The summed E-state index contributed by atoms with van der Waals surface area (Å²) in [5.41, 5.74) is -1.02. The van der Waals surface area contributed by atoms with Crippen LogP contribution in [-0.4, -0.2) is 44.0 Å². The predicted octanol–water partition coefficient (Wildman–Crippen LogP) is 2.40. The first-order chi connectivity index (χ1) is 10.2. The van der Waals surface area contributed by atoms with E-state index in [1.807, 2.05) is 0 Å². The van der Waals surface area contributed by atoms with Crippen molar-refractivity contribution in [3.8, 4) is 0 Å². The molecule has 0 aromatic heterocycles. The quantitative estimate of drug-likeness (QED) is 0.858. The van der Waals surface area contributed by atoms with E-state index >= 15 is 0 Å². The summed E-state index contributed by atoms with van der Waals surface area (Å²) in [5.74, 6) is -1.85. The van der Waals surface area contributed by atoms with Crippen LogP contribution in [0.15, 0.2) is 18.2 Å². The highest BCUT2D eigenvalue weighted by molar-refractivity contribution is 6.41. The molecule has 9 heteroatoms. The van der Waals surface area contributed by atoms with E-state index in [0.29, 0.717) is 6.07 Å². The summed E-state index contributed by atoms with van der Waals surface area (Å²) in [5, 5.41) is 1.87. The lowest BCUT2D eigenvalue weighted by molar-refractivity contribution is -0.142. The van der Waals surface area contributed by atoms with Gasteiger partial charge in [-0.3, -0.25) is 9.59 Å². The van der Waals surface area contributed by atoms with Crippen molar-refractivity contribution in [1.82, 2.24) is 4.90 Å². The van der Waals surface area contributed by atoms with Gasteiger partial charge in [-0.2, -0.15) is 13.2 Å². The van der Waals surface area contributed by atoms with Crippen molar-refractivity contribution in [1.29, 1.82) is 0 Å². The van der Waals surface area contributed by atoms with Gasteiger partial charge in [0.1, 0.15) is 0 Å². The topological polar surface area (TPSA) is 58.6 Å². The Morgan fingerprint density at radius 1 is 1.36 bits per heavy atom. The van der Waals surface area contributed by atoms with Crippen LogP contribution in [0.1, 0.15) is 5.56 Å². The molecular formula is C13H14ClF3N2O3. The minimum Gasteiger partial charge on any atom is -0.383 e. The third-order valence-electron chi connectivity index (χ3n) is 2.72. The Morgan fingerprint density at radius 3 is 2.50 bits per heavy atom. The van der Waals surface area contributed by atoms with Gasteiger partial charge in [0.2, 0.25) is 0 Å². The number of rotatable bonds is 4. The monoisotopic (exact) mass is 338 g/mol. The molecule has 5 nitrogen and oxygen atoms in total. The summed E-state index contributed by atoms with van der Waals surface area (Å²) in [4.78, 5) is 24.6. The molecule has 1 N–H and O–H groups in total. The van der Waals surface area contributed by atoms with Gasteiger partial charge in [0, 0.05) is 20.7 Å². The standard InChI is InChI=1S/C13H14ClF3N2O3/c1-19(5-6-22-2)12(21)11(20)18-10-4-3-8(7-9(10)14)13(15,16)17/h3-4,7H,5-6H2,1-2H3,(H,18,20). The van der Waals surface area contributed by atoms with E-state index in [9.17, 15) is 22.8 Å². The Labute approximate surface area is 130 Å². The second kappa shape index (κ2) is 7.46. The second-order valence-electron chi connectivity index (χ2n) is 4.37. The van der Waals surface area contributed by atoms with Gasteiger partial charge in [-0.05, 0) is 18.2 Å². The fraction of sp³-hybridized carbons (Fsp3) is 0.385. The van der Waals surface area contributed by atoms with Crippen LogP contribution in [0.2, 0.25) is 5.02 Å². The van der Waals surface area contributed by atoms with Crippen LogP contribution in [-0.2, 0) is 20.5 Å². The van der Waals surface area contributed by atoms with Crippen molar-refractivity contribution in [3.05, 3.63) is 28.8 Å². The highest BCUT2D eigenvalue weighted by Crippen LogP contribution is 2.33. The molecule has 0 unspecified atom stereocenters. The third-order valence-corrected chi connectivity index (χ3v) is 3.03. The number of likely N-dealkylation sites (N-methyl/N-ethyl adjacent to an activating group) is 1. The number of carbonyl (C=O) groups is 2. The number of halogens is 4. The van der Waals surface area contributed by atoms with Crippen LogP contribution < -0.4 is 5.32 Å². The van der Waals surface area contributed by atoms with Gasteiger partial charge in [0.05, 0.1) is 22.9 Å². The summed E-state index contributed by atoms with van der Waals surface area (Å²) >= 11 is 5.69. The minimum atomic E-state index is -4.54. The smallest absolute Gasteiger partial charge is 0.383 e. The van der Waals surface area contributed by atoms with Crippen molar-refractivity contribution in [2.45, 2.75) is 6.18 Å². The van der Waals surface area contributed by atoms with Gasteiger partial charge in [0.25, 0.3) is 0 Å². The summed E-state index contributed by atoms with van der Waals surface area (Å²) in [6.45, 7) is 0.444. The fourth-order valence-electron chi connectivity index (χ4n) is 1.47. The molecule has 0 fully saturated rings. The molecule has 2 amide bonds. The molecule has 0 atom stereocenters. The third kappa shape index (κ3) is 4.88. The van der Waals surface area contributed by atoms with E-state index in [1.54, 1.807) is 0 Å². The van der Waals surface area contributed by atoms with Crippen LogP contribution in [0.5, 0.6) is 0 Å². The van der Waals surface area contributed by atoms with E-state index < -0.39 is 23.6 Å². The van der Waals surface area contributed by atoms with E-state index in [1.165, 1.54) is 14.2 Å². The number of ether oxygens (including phenoxy) is 1. The Hall–Kier alpha value is -1.80. The zero-order chi connectivity index (χ0) is 16.9. The Balaban J connectivity index is 2.78. The van der Waals surface area contributed by atoms with E-state index in [2.05, 4.69) is 5.32 Å². The lowest BCUT2D eigenvalue weighted by Crippen LogP contribution is -2.38. The number of methoxy groups -OCH3 is 1. The number of benzene rings is 1. The largest absolute Gasteiger partial charge is 0.416 e. The molecule has 1 aromatic rings.